The smallest absolute Gasteiger partial charge is 0.161 e. The van der Waals surface area contributed by atoms with E-state index < -0.39 is 5.54 Å². The van der Waals surface area contributed by atoms with Gasteiger partial charge in [0.15, 0.2) is 5.78 Å². The van der Waals surface area contributed by atoms with Gasteiger partial charge in [-0.25, -0.2) is 0 Å². The predicted molar refractivity (Wildman–Crippen MR) is 55.6 cm³/mol. The molecule has 0 aromatic rings. The SMILES string of the molecule is COC[C@]1(CO)C(=O)[C@@H]2CCN1[C@@H](C)C2. The Hall–Kier alpha value is -0.450. The highest BCUT2D eigenvalue weighted by molar-refractivity contribution is 5.92. The Kier molecular flexibility index (Phi) is 2.83. The number of aliphatic hydroxyl groups excluding tert-OH is 1. The van der Waals surface area contributed by atoms with Crippen LogP contribution in [-0.4, -0.2) is 54.2 Å². The van der Waals surface area contributed by atoms with E-state index in [1.54, 1.807) is 7.11 Å². The molecule has 0 aromatic heterocycles. The van der Waals surface area contributed by atoms with Crippen LogP contribution in [-0.2, 0) is 9.53 Å². The first kappa shape index (κ1) is 11.0. The molecule has 3 aliphatic rings. The molecule has 4 nitrogen and oxygen atoms in total. The van der Waals surface area contributed by atoms with Crippen molar-refractivity contribution in [3.8, 4) is 0 Å². The quantitative estimate of drug-likeness (QED) is 0.719. The molecule has 0 radical (unpaired) electrons. The molecule has 15 heavy (non-hydrogen) atoms. The zero-order chi connectivity index (χ0) is 11.1. The van der Waals surface area contributed by atoms with Crippen molar-refractivity contribution in [3.63, 3.8) is 0 Å². The van der Waals surface area contributed by atoms with Gasteiger partial charge in [-0.05, 0) is 19.8 Å². The van der Waals surface area contributed by atoms with Crippen molar-refractivity contribution in [2.45, 2.75) is 31.3 Å². The summed E-state index contributed by atoms with van der Waals surface area (Å²) >= 11 is 0. The minimum Gasteiger partial charge on any atom is -0.394 e. The number of nitrogens with zero attached hydrogens (tertiary/aromatic N) is 1. The lowest BCUT2D eigenvalue weighted by Crippen LogP contribution is -2.71. The molecule has 3 rings (SSSR count). The second-order valence-electron chi connectivity index (χ2n) is 4.75. The van der Waals surface area contributed by atoms with E-state index in [2.05, 4.69) is 11.8 Å². The second kappa shape index (κ2) is 3.85. The van der Waals surface area contributed by atoms with Gasteiger partial charge < -0.3 is 9.84 Å². The number of ketones is 1. The van der Waals surface area contributed by atoms with Crippen molar-refractivity contribution in [1.29, 1.82) is 0 Å². The normalized spacial score (nSPS) is 44.7. The zero-order valence-corrected chi connectivity index (χ0v) is 9.40. The molecule has 1 N–H and O–H groups in total. The molecular formula is C11H19NO3. The third kappa shape index (κ3) is 1.43. The van der Waals surface area contributed by atoms with Crippen LogP contribution in [0.4, 0.5) is 0 Å². The molecular weight excluding hydrogens is 194 g/mol. The zero-order valence-electron chi connectivity index (χ0n) is 9.40. The van der Waals surface area contributed by atoms with E-state index in [4.69, 9.17) is 4.74 Å². The highest BCUT2D eigenvalue weighted by Gasteiger charge is 2.55. The number of aliphatic hydroxyl groups is 1. The van der Waals surface area contributed by atoms with E-state index in [9.17, 15) is 9.90 Å². The number of carbonyl (C=O) groups excluding carboxylic acids is 1. The molecule has 0 saturated carbocycles. The second-order valence-corrected chi connectivity index (χ2v) is 4.75. The van der Waals surface area contributed by atoms with Crippen LogP contribution >= 0.6 is 0 Å². The summed E-state index contributed by atoms with van der Waals surface area (Å²) in [6.45, 7) is 3.21. The average molecular weight is 213 g/mol. The van der Waals surface area contributed by atoms with Crippen LogP contribution in [0, 0.1) is 5.92 Å². The molecule has 3 fully saturated rings. The van der Waals surface area contributed by atoms with Crippen LogP contribution in [0.1, 0.15) is 19.8 Å². The maximum atomic E-state index is 12.2. The lowest BCUT2D eigenvalue weighted by Gasteiger charge is -2.55. The Morgan fingerprint density at radius 3 is 2.93 bits per heavy atom. The van der Waals surface area contributed by atoms with Crippen molar-refractivity contribution < 1.29 is 14.6 Å². The predicted octanol–water partition coefficient (Wildman–Crippen LogP) is 0.0471. The number of ether oxygens (including phenoxy) is 1. The highest BCUT2D eigenvalue weighted by Crippen LogP contribution is 2.39. The maximum absolute atomic E-state index is 12.2. The minimum atomic E-state index is -0.755. The summed E-state index contributed by atoms with van der Waals surface area (Å²) in [5.74, 6) is 0.309. The Bertz CT molecular complexity index is 269. The molecule has 3 saturated heterocycles. The first-order valence-corrected chi connectivity index (χ1v) is 5.56. The Balaban J connectivity index is 2.32. The maximum Gasteiger partial charge on any atom is 0.161 e. The largest absolute Gasteiger partial charge is 0.394 e. The first-order valence-electron chi connectivity index (χ1n) is 5.56. The molecule has 3 heterocycles. The first-order chi connectivity index (χ1) is 7.15. The van der Waals surface area contributed by atoms with Crippen LogP contribution in [0.25, 0.3) is 0 Å². The van der Waals surface area contributed by atoms with Gasteiger partial charge in [-0.3, -0.25) is 9.69 Å². The fraction of sp³-hybridized carbons (Fsp3) is 0.909. The lowest BCUT2D eigenvalue weighted by atomic mass is 9.71. The van der Waals surface area contributed by atoms with Crippen LogP contribution in [0.3, 0.4) is 0 Å². The monoisotopic (exact) mass is 213 g/mol. The van der Waals surface area contributed by atoms with Crippen LogP contribution in [0.15, 0.2) is 0 Å². The summed E-state index contributed by atoms with van der Waals surface area (Å²) in [6, 6.07) is 0.378. The third-order valence-corrected chi connectivity index (χ3v) is 3.90. The standard InChI is InChI=1S/C11H19NO3/c1-8-5-9-3-4-12(8)11(6-13,7-15-2)10(9)14/h8-9,13H,3-7H2,1-2H3/t8-,9+,11+/m0/s1. The summed E-state index contributed by atoms with van der Waals surface area (Å²) in [4.78, 5) is 14.3. The summed E-state index contributed by atoms with van der Waals surface area (Å²) < 4.78 is 5.12. The molecule has 0 aromatic carbocycles. The van der Waals surface area contributed by atoms with E-state index in [1.165, 1.54) is 0 Å². The number of fused-ring (bicyclic) bond motifs is 3. The number of carbonyl (C=O) groups is 1. The Morgan fingerprint density at radius 2 is 2.40 bits per heavy atom. The van der Waals surface area contributed by atoms with Gasteiger partial charge in [0, 0.05) is 25.6 Å². The number of methoxy groups -OCH3 is 1. The molecule has 0 spiro atoms. The van der Waals surface area contributed by atoms with Gasteiger partial charge in [-0.1, -0.05) is 0 Å². The minimum absolute atomic E-state index is 0.124. The van der Waals surface area contributed by atoms with E-state index in [-0.39, 0.29) is 18.3 Å². The highest BCUT2D eigenvalue weighted by atomic mass is 16.5. The molecule has 3 aliphatic heterocycles. The van der Waals surface area contributed by atoms with Crippen LogP contribution in [0.5, 0.6) is 0 Å². The van der Waals surface area contributed by atoms with Gasteiger partial charge in [0.05, 0.1) is 13.2 Å². The third-order valence-electron chi connectivity index (χ3n) is 3.90. The number of hydrogen-bond acceptors (Lipinski definition) is 4. The van der Waals surface area contributed by atoms with Gasteiger partial charge in [-0.2, -0.15) is 0 Å². The van der Waals surface area contributed by atoms with E-state index in [0.717, 1.165) is 19.4 Å². The van der Waals surface area contributed by atoms with Gasteiger partial charge >= 0.3 is 0 Å². The Morgan fingerprint density at radius 1 is 1.67 bits per heavy atom. The summed E-state index contributed by atoms with van der Waals surface area (Å²) in [5.41, 5.74) is -0.755. The molecule has 4 atom stereocenters. The molecule has 86 valence electrons. The van der Waals surface area contributed by atoms with Gasteiger partial charge in [0.2, 0.25) is 0 Å². The number of rotatable bonds is 3. The van der Waals surface area contributed by atoms with Crippen LogP contribution < -0.4 is 0 Å². The fourth-order valence-corrected chi connectivity index (χ4v) is 3.17. The molecule has 4 heteroatoms. The molecule has 0 aliphatic carbocycles. The summed E-state index contributed by atoms with van der Waals surface area (Å²) in [6.07, 6.45) is 1.87. The average Bonchev–Trinajstić information content (AvgIpc) is 2.24. The molecule has 1 unspecified atom stereocenters. The van der Waals surface area contributed by atoms with Gasteiger partial charge in [-0.15, -0.1) is 0 Å². The number of piperidine rings is 3. The number of hydrogen-bond donors (Lipinski definition) is 1. The summed E-state index contributed by atoms with van der Waals surface area (Å²) in [5, 5.41) is 9.54. The van der Waals surface area contributed by atoms with Crippen molar-refractivity contribution in [2.75, 3.05) is 26.9 Å². The van der Waals surface area contributed by atoms with E-state index >= 15 is 0 Å². The Labute approximate surface area is 90.2 Å². The van der Waals surface area contributed by atoms with Crippen LogP contribution in [0.2, 0.25) is 0 Å². The lowest BCUT2D eigenvalue weighted by molar-refractivity contribution is -0.164. The van der Waals surface area contributed by atoms with E-state index in [1.807, 2.05) is 0 Å². The summed E-state index contributed by atoms with van der Waals surface area (Å²) in [7, 11) is 1.58. The molecule has 0 amide bonds. The van der Waals surface area contributed by atoms with Gasteiger partial charge in [0.1, 0.15) is 5.54 Å². The topological polar surface area (TPSA) is 49.8 Å². The number of Topliss-reactive ketones (excluding diaryl/α,β-unsaturated/α-hetero) is 1. The van der Waals surface area contributed by atoms with Crippen molar-refractivity contribution in [2.24, 2.45) is 5.92 Å². The van der Waals surface area contributed by atoms with Crippen molar-refractivity contribution >= 4 is 5.78 Å². The van der Waals surface area contributed by atoms with Crippen molar-refractivity contribution in [1.82, 2.24) is 4.90 Å². The van der Waals surface area contributed by atoms with Gasteiger partial charge in [0.25, 0.3) is 0 Å². The molecule has 2 bridgehead atoms. The fourth-order valence-electron chi connectivity index (χ4n) is 3.17. The van der Waals surface area contributed by atoms with Crippen molar-refractivity contribution in [3.05, 3.63) is 0 Å². The van der Waals surface area contributed by atoms with E-state index in [0.29, 0.717) is 12.6 Å².